The fourth-order valence-corrected chi connectivity index (χ4v) is 2.96. The van der Waals surface area contributed by atoms with Gasteiger partial charge in [-0.25, -0.2) is 4.98 Å². The van der Waals surface area contributed by atoms with Crippen molar-refractivity contribution in [1.29, 1.82) is 0 Å². The lowest BCUT2D eigenvalue weighted by Gasteiger charge is -2.17. The summed E-state index contributed by atoms with van der Waals surface area (Å²) in [5, 5.41) is 6.71. The molecule has 1 N–H and O–H groups in total. The summed E-state index contributed by atoms with van der Waals surface area (Å²) in [6, 6.07) is 8.44. The van der Waals surface area contributed by atoms with E-state index in [1.54, 1.807) is 11.3 Å². The van der Waals surface area contributed by atoms with Crippen LogP contribution >= 0.6 is 11.3 Å². The molecule has 1 heterocycles. The van der Waals surface area contributed by atoms with Crippen molar-refractivity contribution in [3.05, 3.63) is 45.9 Å². The highest BCUT2D eigenvalue weighted by atomic mass is 32.1. The molecule has 4 heteroatoms. The number of aromatic nitrogens is 1. The van der Waals surface area contributed by atoms with Gasteiger partial charge in [0.25, 0.3) is 0 Å². The maximum Gasteiger partial charge on any atom is 0.119 e. The monoisotopic (exact) mass is 290 g/mol. The maximum atomic E-state index is 5.72. The molecule has 0 spiro atoms. The average molecular weight is 290 g/mol. The number of thiazole rings is 1. The van der Waals surface area contributed by atoms with Crippen molar-refractivity contribution in [3.8, 4) is 5.75 Å². The quantitative estimate of drug-likeness (QED) is 0.838. The smallest absolute Gasteiger partial charge is 0.119 e. The molecule has 1 unspecified atom stereocenters. The van der Waals surface area contributed by atoms with Gasteiger partial charge in [-0.15, -0.1) is 11.3 Å². The van der Waals surface area contributed by atoms with Crippen LogP contribution < -0.4 is 10.1 Å². The summed E-state index contributed by atoms with van der Waals surface area (Å²) < 4.78 is 5.72. The molecule has 0 amide bonds. The Hall–Kier alpha value is -1.39. The Bertz CT molecular complexity index is 539. The number of ether oxygens (including phenoxy) is 1. The van der Waals surface area contributed by atoms with E-state index >= 15 is 0 Å². The van der Waals surface area contributed by atoms with Gasteiger partial charge in [0.1, 0.15) is 10.8 Å². The normalized spacial score (nSPS) is 12.3. The number of rotatable bonds is 7. The zero-order valence-electron chi connectivity index (χ0n) is 12.3. The number of nitrogens with one attached hydrogen (secondary N) is 1. The molecular formula is C16H22N2OS. The molecule has 1 aromatic carbocycles. The van der Waals surface area contributed by atoms with Gasteiger partial charge < -0.3 is 10.1 Å². The van der Waals surface area contributed by atoms with E-state index in [2.05, 4.69) is 41.7 Å². The topological polar surface area (TPSA) is 34.1 Å². The van der Waals surface area contributed by atoms with Crippen molar-refractivity contribution in [1.82, 2.24) is 10.3 Å². The van der Waals surface area contributed by atoms with Crippen LogP contribution in [0.4, 0.5) is 0 Å². The molecule has 2 rings (SSSR count). The molecule has 1 atom stereocenters. The van der Waals surface area contributed by atoms with Gasteiger partial charge in [-0.05, 0) is 37.6 Å². The Morgan fingerprint density at radius 1 is 1.35 bits per heavy atom. The number of hydrogen-bond acceptors (Lipinski definition) is 4. The van der Waals surface area contributed by atoms with Crippen molar-refractivity contribution < 1.29 is 4.74 Å². The molecule has 108 valence electrons. The van der Waals surface area contributed by atoms with E-state index in [9.17, 15) is 0 Å². The van der Waals surface area contributed by atoms with E-state index < -0.39 is 0 Å². The van der Waals surface area contributed by atoms with Gasteiger partial charge in [-0.1, -0.05) is 26.0 Å². The Balaban J connectivity index is 2.24. The van der Waals surface area contributed by atoms with Crippen LogP contribution in [-0.4, -0.2) is 18.1 Å². The lowest BCUT2D eigenvalue weighted by molar-refractivity contribution is 0.317. The Kier molecular flexibility index (Phi) is 5.56. The highest BCUT2D eigenvalue weighted by molar-refractivity contribution is 7.09. The summed E-state index contributed by atoms with van der Waals surface area (Å²) in [5.74, 6) is 0.931. The molecule has 0 aliphatic heterocycles. The van der Waals surface area contributed by atoms with Crippen LogP contribution in [0.15, 0.2) is 29.6 Å². The molecule has 0 bridgehead atoms. The summed E-state index contributed by atoms with van der Waals surface area (Å²) in [4.78, 5) is 4.61. The van der Waals surface area contributed by atoms with Crippen molar-refractivity contribution >= 4 is 11.3 Å². The standard InChI is InChI=1S/C16H22N2OS/c1-4-9-19-14-8-6-7-13(10-14)15(17-5-2)16-18-12(3)11-20-16/h6-8,10-11,15,17H,4-5,9H2,1-3H3. The molecule has 0 saturated carbocycles. The fourth-order valence-electron chi connectivity index (χ4n) is 2.06. The van der Waals surface area contributed by atoms with Gasteiger partial charge in [0.05, 0.1) is 12.6 Å². The van der Waals surface area contributed by atoms with Gasteiger partial charge in [-0.2, -0.15) is 0 Å². The predicted molar refractivity (Wildman–Crippen MR) is 84.6 cm³/mol. The second kappa shape index (κ2) is 7.41. The first kappa shape index (κ1) is 15.0. The minimum atomic E-state index is 0.142. The lowest BCUT2D eigenvalue weighted by Crippen LogP contribution is -2.21. The third-order valence-electron chi connectivity index (χ3n) is 2.96. The van der Waals surface area contributed by atoms with Crippen molar-refractivity contribution in [2.75, 3.05) is 13.2 Å². The minimum Gasteiger partial charge on any atom is -0.494 e. The van der Waals surface area contributed by atoms with Crippen LogP contribution in [0.25, 0.3) is 0 Å². The molecule has 20 heavy (non-hydrogen) atoms. The van der Waals surface area contributed by atoms with Crippen LogP contribution in [0, 0.1) is 6.92 Å². The molecule has 0 aliphatic carbocycles. The van der Waals surface area contributed by atoms with E-state index in [0.29, 0.717) is 0 Å². The largest absolute Gasteiger partial charge is 0.494 e. The second-order valence-corrected chi connectivity index (χ2v) is 5.63. The van der Waals surface area contributed by atoms with Crippen LogP contribution in [0.3, 0.4) is 0 Å². The molecule has 0 radical (unpaired) electrons. The van der Waals surface area contributed by atoms with E-state index in [1.165, 1.54) is 5.56 Å². The maximum absolute atomic E-state index is 5.72. The number of benzene rings is 1. The zero-order chi connectivity index (χ0) is 14.4. The highest BCUT2D eigenvalue weighted by Gasteiger charge is 2.16. The highest BCUT2D eigenvalue weighted by Crippen LogP contribution is 2.27. The Morgan fingerprint density at radius 3 is 2.85 bits per heavy atom. The lowest BCUT2D eigenvalue weighted by atomic mass is 10.1. The molecule has 3 nitrogen and oxygen atoms in total. The van der Waals surface area contributed by atoms with Crippen LogP contribution in [0.2, 0.25) is 0 Å². The molecule has 0 fully saturated rings. The summed E-state index contributed by atoms with van der Waals surface area (Å²) in [7, 11) is 0. The molecule has 0 saturated heterocycles. The summed E-state index contributed by atoms with van der Waals surface area (Å²) in [5.41, 5.74) is 2.28. The van der Waals surface area contributed by atoms with E-state index in [-0.39, 0.29) is 6.04 Å². The minimum absolute atomic E-state index is 0.142. The zero-order valence-corrected chi connectivity index (χ0v) is 13.2. The third-order valence-corrected chi connectivity index (χ3v) is 3.98. The van der Waals surface area contributed by atoms with E-state index in [0.717, 1.165) is 36.0 Å². The first-order valence-corrected chi connectivity index (χ1v) is 8.00. The van der Waals surface area contributed by atoms with Gasteiger partial charge >= 0.3 is 0 Å². The third kappa shape index (κ3) is 3.81. The van der Waals surface area contributed by atoms with Crippen LogP contribution in [-0.2, 0) is 0 Å². The average Bonchev–Trinajstić information content (AvgIpc) is 2.89. The molecular weight excluding hydrogens is 268 g/mol. The van der Waals surface area contributed by atoms with Gasteiger partial charge in [0.15, 0.2) is 0 Å². The van der Waals surface area contributed by atoms with Crippen molar-refractivity contribution in [3.63, 3.8) is 0 Å². The van der Waals surface area contributed by atoms with Crippen molar-refractivity contribution in [2.24, 2.45) is 0 Å². The summed E-state index contributed by atoms with van der Waals surface area (Å²) in [6.07, 6.45) is 1.02. The first-order chi connectivity index (χ1) is 9.74. The molecule has 0 aliphatic rings. The van der Waals surface area contributed by atoms with E-state index in [4.69, 9.17) is 4.74 Å². The van der Waals surface area contributed by atoms with Gasteiger partial charge in [0.2, 0.25) is 0 Å². The number of nitrogens with zero attached hydrogens (tertiary/aromatic N) is 1. The first-order valence-electron chi connectivity index (χ1n) is 7.12. The molecule has 1 aromatic heterocycles. The Morgan fingerprint density at radius 2 is 2.20 bits per heavy atom. The van der Waals surface area contributed by atoms with Crippen LogP contribution in [0.1, 0.15) is 42.6 Å². The fraction of sp³-hybridized carbons (Fsp3) is 0.438. The van der Waals surface area contributed by atoms with Gasteiger partial charge in [0, 0.05) is 11.1 Å². The van der Waals surface area contributed by atoms with Crippen LogP contribution in [0.5, 0.6) is 5.75 Å². The van der Waals surface area contributed by atoms with Crippen molar-refractivity contribution in [2.45, 2.75) is 33.2 Å². The summed E-state index contributed by atoms with van der Waals surface area (Å²) >= 11 is 1.70. The Labute approximate surface area is 125 Å². The van der Waals surface area contributed by atoms with Gasteiger partial charge in [-0.3, -0.25) is 0 Å². The van der Waals surface area contributed by atoms with E-state index in [1.807, 2.05) is 19.1 Å². The second-order valence-electron chi connectivity index (χ2n) is 4.74. The predicted octanol–water partition coefficient (Wildman–Crippen LogP) is 3.94. The molecule has 2 aromatic rings. The number of hydrogen-bond donors (Lipinski definition) is 1. The summed E-state index contributed by atoms with van der Waals surface area (Å²) in [6.45, 7) is 7.92. The SMILES string of the molecule is CCCOc1cccc(C(NCC)c2nc(C)cs2)c1. The number of aryl methyl sites for hydroxylation is 1.